The van der Waals surface area contributed by atoms with E-state index in [0.29, 0.717) is 0 Å². The molecule has 0 aliphatic carbocycles. The van der Waals surface area contributed by atoms with Crippen LogP contribution in [0.2, 0.25) is 0 Å². The van der Waals surface area contributed by atoms with Crippen LogP contribution in [0.1, 0.15) is 20.8 Å². The third kappa shape index (κ3) is 6.37. The number of benzene rings is 2. The molecule has 2 rings (SSSR count). The molecule has 1 unspecified atom stereocenters. The number of hydrogen-bond donors (Lipinski definition) is 1. The molecule has 10 heteroatoms. The summed E-state index contributed by atoms with van der Waals surface area (Å²) in [4.78, 5) is 22.3. The second kappa shape index (κ2) is 9.34. The first-order valence-electron chi connectivity index (χ1n) is 8.45. The maximum Gasteiger partial charge on any atom is 0.513 e. The highest BCUT2D eigenvalue weighted by atomic mass is 31.2. The summed E-state index contributed by atoms with van der Waals surface area (Å²) < 4.78 is 29.3. The third-order valence-corrected chi connectivity index (χ3v) is 4.90. The van der Waals surface area contributed by atoms with E-state index in [0.717, 1.165) is 0 Å². The monoisotopic (exact) mass is 408 g/mol. The lowest BCUT2D eigenvalue weighted by atomic mass is 10.3. The Morgan fingerprint density at radius 2 is 1.54 bits per heavy atom. The van der Waals surface area contributed by atoms with E-state index in [-0.39, 0.29) is 23.3 Å². The van der Waals surface area contributed by atoms with E-state index in [2.05, 4.69) is 5.09 Å². The Morgan fingerprint density at radius 3 is 2.04 bits per heavy atom. The van der Waals surface area contributed by atoms with Gasteiger partial charge in [0.15, 0.2) is 0 Å². The Labute approximate surface area is 162 Å². The first kappa shape index (κ1) is 21.4. The van der Waals surface area contributed by atoms with E-state index >= 15 is 0 Å². The summed E-state index contributed by atoms with van der Waals surface area (Å²) in [6, 6.07) is 12.3. The summed E-state index contributed by atoms with van der Waals surface area (Å²) in [5, 5.41) is 13.3. The number of ether oxygens (including phenoxy) is 1. The number of hydrogen-bond acceptors (Lipinski definition) is 7. The van der Waals surface area contributed by atoms with Crippen LogP contribution >= 0.6 is 7.75 Å². The fourth-order valence-electron chi connectivity index (χ4n) is 2.08. The largest absolute Gasteiger partial charge is 0.513 e. The number of nitro groups is 1. The quantitative estimate of drug-likeness (QED) is 0.285. The van der Waals surface area contributed by atoms with Crippen molar-refractivity contribution in [1.82, 2.24) is 5.09 Å². The van der Waals surface area contributed by atoms with Gasteiger partial charge in [-0.25, -0.2) is 4.57 Å². The normalized spacial score (nSPS) is 14.0. The number of rotatable bonds is 9. The molecular weight excluding hydrogens is 387 g/mol. The van der Waals surface area contributed by atoms with Crippen molar-refractivity contribution in [1.29, 1.82) is 0 Å². The molecule has 0 bridgehead atoms. The van der Waals surface area contributed by atoms with Crippen LogP contribution in [0.4, 0.5) is 5.69 Å². The molecule has 0 heterocycles. The molecule has 0 saturated carbocycles. The number of nitrogens with zero attached hydrogens (tertiary/aromatic N) is 1. The molecule has 2 aromatic carbocycles. The molecule has 0 amide bonds. The predicted octanol–water partition coefficient (Wildman–Crippen LogP) is 4.09. The fraction of sp³-hybridized carbons (Fsp3) is 0.278. The van der Waals surface area contributed by atoms with Crippen molar-refractivity contribution in [3.8, 4) is 11.5 Å². The van der Waals surface area contributed by atoms with Crippen LogP contribution in [-0.4, -0.2) is 23.0 Å². The molecule has 150 valence electrons. The lowest BCUT2D eigenvalue weighted by Gasteiger charge is -2.23. The first-order valence-corrected chi connectivity index (χ1v) is 10.00. The predicted molar refractivity (Wildman–Crippen MR) is 102 cm³/mol. The molecule has 2 aromatic rings. The van der Waals surface area contributed by atoms with Crippen LogP contribution in [0, 0.1) is 10.1 Å². The molecule has 0 aliphatic heterocycles. The van der Waals surface area contributed by atoms with E-state index in [1.807, 2.05) is 0 Å². The minimum atomic E-state index is -4.08. The Morgan fingerprint density at radius 1 is 1.00 bits per heavy atom. The average Bonchev–Trinajstić information content (AvgIpc) is 2.62. The van der Waals surface area contributed by atoms with Crippen molar-refractivity contribution >= 4 is 19.4 Å². The van der Waals surface area contributed by atoms with Crippen LogP contribution in [0.5, 0.6) is 11.5 Å². The average molecular weight is 408 g/mol. The Bertz CT molecular complexity index is 856. The number of nitro benzene ring substituents is 1. The lowest BCUT2D eigenvalue weighted by molar-refractivity contribution is -0.384. The van der Waals surface area contributed by atoms with Crippen LogP contribution in [0.3, 0.4) is 0 Å². The van der Waals surface area contributed by atoms with Gasteiger partial charge in [-0.3, -0.25) is 14.9 Å². The summed E-state index contributed by atoms with van der Waals surface area (Å²) in [5.41, 5.74) is -0.145. The smallest absolute Gasteiger partial charge is 0.462 e. The maximum atomic E-state index is 13.3. The van der Waals surface area contributed by atoms with Gasteiger partial charge in [0.05, 0.1) is 11.0 Å². The second-order valence-corrected chi connectivity index (χ2v) is 7.70. The molecule has 0 fully saturated rings. The number of nitrogens with one attached hydrogen (secondary N) is 1. The topological polar surface area (TPSA) is 117 Å². The highest BCUT2D eigenvalue weighted by Gasteiger charge is 2.34. The number of carbonyl (C=O) groups excluding carboxylic acids is 1. The molecular formula is C18H21N2O7P. The minimum absolute atomic E-state index is 0.0711. The van der Waals surface area contributed by atoms with E-state index in [4.69, 9.17) is 13.8 Å². The molecule has 2 atom stereocenters. The zero-order chi connectivity index (χ0) is 20.7. The third-order valence-electron chi connectivity index (χ3n) is 3.30. The van der Waals surface area contributed by atoms with Crippen LogP contribution in [0.15, 0.2) is 54.6 Å². The van der Waals surface area contributed by atoms with Crippen molar-refractivity contribution in [2.24, 2.45) is 0 Å². The fourth-order valence-corrected chi connectivity index (χ4v) is 3.60. The molecule has 0 radical (unpaired) electrons. The van der Waals surface area contributed by atoms with E-state index in [1.54, 1.807) is 44.2 Å². The van der Waals surface area contributed by atoms with Gasteiger partial charge in [-0.15, -0.1) is 0 Å². The number of para-hydroxylation sites is 1. The number of non-ortho nitro benzene ring substituents is 1. The van der Waals surface area contributed by atoms with Crippen molar-refractivity contribution in [3.63, 3.8) is 0 Å². The number of carbonyl (C=O) groups is 1. The van der Waals surface area contributed by atoms with Gasteiger partial charge < -0.3 is 13.8 Å². The zero-order valence-corrected chi connectivity index (χ0v) is 16.5. The van der Waals surface area contributed by atoms with Gasteiger partial charge in [-0.2, -0.15) is 5.09 Å². The Hall–Kier alpha value is -2.90. The van der Waals surface area contributed by atoms with E-state index in [1.165, 1.54) is 31.2 Å². The standard InChI is InChI=1S/C18H21N2O7P/c1-13(2)25-18(21)14(3)19-28(24,26-16-7-5-4-6-8-16)27-17-11-9-15(10-12-17)20(22)23/h4-14H,1-3H3,(H,19,24)/t14?,28-/m0/s1. The molecule has 9 nitrogen and oxygen atoms in total. The van der Waals surface area contributed by atoms with Crippen LogP contribution in [0.25, 0.3) is 0 Å². The molecule has 0 spiro atoms. The maximum absolute atomic E-state index is 13.3. The van der Waals surface area contributed by atoms with E-state index < -0.39 is 24.7 Å². The van der Waals surface area contributed by atoms with Gasteiger partial charge in [0.2, 0.25) is 0 Å². The summed E-state index contributed by atoms with van der Waals surface area (Å²) in [5.74, 6) is -0.300. The molecule has 0 aliphatic rings. The second-order valence-electron chi connectivity index (χ2n) is 6.08. The summed E-state index contributed by atoms with van der Waals surface area (Å²) in [6.07, 6.45) is -0.346. The summed E-state index contributed by atoms with van der Waals surface area (Å²) >= 11 is 0. The number of esters is 1. The minimum Gasteiger partial charge on any atom is -0.462 e. The van der Waals surface area contributed by atoms with Crippen molar-refractivity contribution < 1.29 is 28.1 Å². The lowest BCUT2D eigenvalue weighted by Crippen LogP contribution is -2.36. The van der Waals surface area contributed by atoms with Gasteiger partial charge in [0.25, 0.3) is 5.69 Å². The Balaban J connectivity index is 2.23. The van der Waals surface area contributed by atoms with Gasteiger partial charge in [-0.1, -0.05) is 18.2 Å². The van der Waals surface area contributed by atoms with Crippen LogP contribution in [-0.2, 0) is 14.1 Å². The molecule has 0 saturated heterocycles. The van der Waals surface area contributed by atoms with Crippen molar-refractivity contribution in [2.75, 3.05) is 0 Å². The zero-order valence-electron chi connectivity index (χ0n) is 15.6. The summed E-state index contributed by atoms with van der Waals surface area (Å²) in [7, 11) is -4.08. The Kier molecular flexibility index (Phi) is 7.14. The SMILES string of the molecule is CC(C)OC(=O)C(C)N[P@](=O)(Oc1ccccc1)Oc1ccc([N+](=O)[O-])cc1. The van der Waals surface area contributed by atoms with Crippen LogP contribution < -0.4 is 14.1 Å². The van der Waals surface area contributed by atoms with Crippen molar-refractivity contribution in [2.45, 2.75) is 32.9 Å². The molecule has 28 heavy (non-hydrogen) atoms. The molecule has 1 N–H and O–H groups in total. The van der Waals surface area contributed by atoms with Crippen molar-refractivity contribution in [3.05, 3.63) is 64.7 Å². The van der Waals surface area contributed by atoms with Gasteiger partial charge in [-0.05, 0) is 45.0 Å². The van der Waals surface area contributed by atoms with E-state index in [9.17, 15) is 19.5 Å². The summed E-state index contributed by atoms with van der Waals surface area (Å²) in [6.45, 7) is 4.85. The van der Waals surface area contributed by atoms with Gasteiger partial charge >= 0.3 is 13.7 Å². The highest BCUT2D eigenvalue weighted by molar-refractivity contribution is 7.52. The van der Waals surface area contributed by atoms with Gasteiger partial charge in [0, 0.05) is 12.1 Å². The highest BCUT2D eigenvalue weighted by Crippen LogP contribution is 2.45. The molecule has 0 aromatic heterocycles. The first-order chi connectivity index (χ1) is 13.2. The van der Waals surface area contributed by atoms with Gasteiger partial charge in [0.1, 0.15) is 17.5 Å².